The number of hydrogen-bond donors (Lipinski definition) is 0. The summed E-state index contributed by atoms with van der Waals surface area (Å²) < 4.78 is 0. The third-order valence-electron chi connectivity index (χ3n) is 3.80. The highest BCUT2D eigenvalue weighted by Gasteiger charge is 2.23. The number of carbonyl (C=O) groups is 2. The van der Waals surface area contributed by atoms with E-state index >= 15 is 0 Å². The van der Waals surface area contributed by atoms with Crippen molar-refractivity contribution in [3.8, 4) is 0 Å². The highest BCUT2D eigenvalue weighted by Crippen LogP contribution is 2.13. The van der Waals surface area contributed by atoms with Crippen molar-refractivity contribution in [3.63, 3.8) is 0 Å². The maximum Gasteiger partial charge on any atom is 0.366 e. The Morgan fingerprint density at radius 3 is 2.11 bits per heavy atom. The molecule has 0 aliphatic carbocycles. The molecule has 1 amide bonds. The van der Waals surface area contributed by atoms with Crippen molar-refractivity contribution in [2.45, 2.75) is 13.5 Å². The van der Waals surface area contributed by atoms with Crippen LogP contribution in [0.5, 0.6) is 0 Å². The summed E-state index contributed by atoms with van der Waals surface area (Å²) >= 11 is 0. The van der Waals surface area contributed by atoms with Gasteiger partial charge in [0.1, 0.15) is 6.61 Å². The lowest BCUT2D eigenvalue weighted by molar-refractivity contribution is -0.300. The SMILES string of the molecule is Cc1cccc(C(=O)ON(OCc2ccccc2)C(=O)c2ccccc2)c1. The Kier molecular flexibility index (Phi) is 5.97. The van der Waals surface area contributed by atoms with Gasteiger partial charge in [-0.05, 0) is 42.0 Å². The van der Waals surface area contributed by atoms with Gasteiger partial charge in [0.15, 0.2) is 0 Å². The Morgan fingerprint density at radius 2 is 1.44 bits per heavy atom. The van der Waals surface area contributed by atoms with Gasteiger partial charge in [-0.1, -0.05) is 66.2 Å². The van der Waals surface area contributed by atoms with E-state index in [1.165, 1.54) is 0 Å². The van der Waals surface area contributed by atoms with Crippen molar-refractivity contribution in [3.05, 3.63) is 107 Å². The molecule has 0 atom stereocenters. The third kappa shape index (κ3) is 5.03. The van der Waals surface area contributed by atoms with Crippen molar-refractivity contribution in [1.82, 2.24) is 5.23 Å². The molecule has 5 nitrogen and oxygen atoms in total. The van der Waals surface area contributed by atoms with Gasteiger partial charge >= 0.3 is 11.9 Å². The number of hydroxylamine groups is 2. The molecule has 0 aliphatic rings. The minimum atomic E-state index is -0.670. The number of hydrogen-bond acceptors (Lipinski definition) is 4. The van der Waals surface area contributed by atoms with E-state index in [1.807, 2.05) is 43.3 Å². The van der Waals surface area contributed by atoms with Gasteiger partial charge in [-0.2, -0.15) is 0 Å². The zero-order valence-electron chi connectivity index (χ0n) is 14.9. The fraction of sp³-hybridized carbons (Fsp3) is 0.0909. The maximum absolute atomic E-state index is 12.7. The van der Waals surface area contributed by atoms with Crippen LogP contribution in [0.2, 0.25) is 0 Å². The lowest BCUT2D eigenvalue weighted by Gasteiger charge is -2.20. The first-order chi connectivity index (χ1) is 13.1. The van der Waals surface area contributed by atoms with Crippen LogP contribution in [0.1, 0.15) is 31.8 Å². The first-order valence-electron chi connectivity index (χ1n) is 8.49. The summed E-state index contributed by atoms with van der Waals surface area (Å²) in [5.41, 5.74) is 2.44. The fourth-order valence-corrected chi connectivity index (χ4v) is 2.42. The number of amides is 1. The van der Waals surface area contributed by atoms with Crippen LogP contribution in [-0.2, 0) is 16.3 Å². The molecular formula is C22H19NO4. The van der Waals surface area contributed by atoms with E-state index in [0.29, 0.717) is 16.4 Å². The normalized spacial score (nSPS) is 10.3. The molecule has 136 valence electrons. The van der Waals surface area contributed by atoms with E-state index < -0.39 is 11.9 Å². The van der Waals surface area contributed by atoms with Crippen LogP contribution in [0, 0.1) is 6.92 Å². The second kappa shape index (κ2) is 8.78. The second-order valence-electron chi connectivity index (χ2n) is 5.94. The summed E-state index contributed by atoms with van der Waals surface area (Å²) in [4.78, 5) is 35.9. The predicted molar refractivity (Wildman–Crippen MR) is 100 cm³/mol. The summed E-state index contributed by atoms with van der Waals surface area (Å²) in [6, 6.07) is 24.7. The Labute approximate surface area is 157 Å². The average Bonchev–Trinajstić information content (AvgIpc) is 2.72. The van der Waals surface area contributed by atoms with E-state index in [1.54, 1.807) is 48.5 Å². The van der Waals surface area contributed by atoms with Gasteiger partial charge in [0.2, 0.25) is 0 Å². The van der Waals surface area contributed by atoms with Crippen LogP contribution in [0.4, 0.5) is 0 Å². The zero-order chi connectivity index (χ0) is 19.1. The number of nitrogens with zero attached hydrogens (tertiary/aromatic N) is 1. The molecule has 0 saturated heterocycles. The molecule has 0 spiro atoms. The van der Waals surface area contributed by atoms with Crippen LogP contribution in [0.3, 0.4) is 0 Å². The molecule has 3 aromatic carbocycles. The fourth-order valence-electron chi connectivity index (χ4n) is 2.42. The monoisotopic (exact) mass is 361 g/mol. The van der Waals surface area contributed by atoms with E-state index in [-0.39, 0.29) is 6.61 Å². The quantitative estimate of drug-likeness (QED) is 0.634. The molecule has 3 rings (SSSR count). The first-order valence-corrected chi connectivity index (χ1v) is 8.49. The van der Waals surface area contributed by atoms with Gasteiger partial charge < -0.3 is 4.84 Å². The topological polar surface area (TPSA) is 55.8 Å². The minimum Gasteiger partial charge on any atom is -0.306 e. The molecule has 0 aliphatic heterocycles. The molecule has 0 aromatic heterocycles. The van der Waals surface area contributed by atoms with Gasteiger partial charge in [0.25, 0.3) is 0 Å². The van der Waals surface area contributed by atoms with Crippen LogP contribution >= 0.6 is 0 Å². The summed E-state index contributed by atoms with van der Waals surface area (Å²) in [6.07, 6.45) is 0. The van der Waals surface area contributed by atoms with Crippen LogP contribution < -0.4 is 0 Å². The minimum absolute atomic E-state index is 0.0838. The molecule has 0 heterocycles. The lowest BCUT2D eigenvalue weighted by atomic mass is 10.1. The van der Waals surface area contributed by atoms with Gasteiger partial charge in [-0.15, -0.1) is 0 Å². The summed E-state index contributed by atoms with van der Waals surface area (Å²) in [6.45, 7) is 1.95. The molecule has 27 heavy (non-hydrogen) atoms. The molecule has 0 fully saturated rings. The highest BCUT2D eigenvalue weighted by molar-refractivity contribution is 5.95. The smallest absolute Gasteiger partial charge is 0.306 e. The van der Waals surface area contributed by atoms with Crippen molar-refractivity contribution in [2.24, 2.45) is 0 Å². The van der Waals surface area contributed by atoms with Crippen LogP contribution in [0.15, 0.2) is 84.9 Å². The predicted octanol–water partition coefficient (Wildman–Crippen LogP) is 4.34. The number of benzene rings is 3. The average molecular weight is 361 g/mol. The Bertz CT molecular complexity index is 910. The first kappa shape index (κ1) is 18.4. The summed E-state index contributed by atoms with van der Waals surface area (Å²) in [5.74, 6) is -1.23. The number of carbonyl (C=O) groups excluding carboxylic acids is 2. The van der Waals surface area contributed by atoms with E-state index in [9.17, 15) is 9.59 Å². The number of aryl methyl sites for hydroxylation is 1. The van der Waals surface area contributed by atoms with Gasteiger partial charge in [0.05, 0.1) is 5.56 Å². The van der Waals surface area contributed by atoms with Gasteiger partial charge in [-0.3, -0.25) is 4.79 Å². The molecule has 0 saturated carbocycles. The zero-order valence-corrected chi connectivity index (χ0v) is 14.9. The molecule has 3 aromatic rings. The van der Waals surface area contributed by atoms with Crippen LogP contribution in [-0.4, -0.2) is 17.1 Å². The highest BCUT2D eigenvalue weighted by atomic mass is 17.0. The lowest BCUT2D eigenvalue weighted by Crippen LogP contribution is -2.33. The Morgan fingerprint density at radius 1 is 0.815 bits per heavy atom. The van der Waals surface area contributed by atoms with Crippen molar-refractivity contribution >= 4 is 11.9 Å². The molecule has 0 N–H and O–H groups in total. The standard InChI is InChI=1S/C22H19NO4/c1-17-9-8-14-20(15-17)22(25)27-23(21(24)19-12-6-3-7-13-19)26-16-18-10-4-2-5-11-18/h2-15H,16H2,1H3. The largest absolute Gasteiger partial charge is 0.366 e. The van der Waals surface area contributed by atoms with E-state index in [2.05, 4.69) is 0 Å². The van der Waals surface area contributed by atoms with Crippen molar-refractivity contribution in [2.75, 3.05) is 0 Å². The molecular weight excluding hydrogens is 342 g/mol. The molecule has 0 bridgehead atoms. The summed E-state index contributed by atoms with van der Waals surface area (Å²) in [7, 11) is 0. The molecule has 5 heteroatoms. The van der Waals surface area contributed by atoms with E-state index in [4.69, 9.17) is 9.68 Å². The van der Waals surface area contributed by atoms with Crippen molar-refractivity contribution < 1.29 is 19.3 Å². The Hall–Kier alpha value is -3.44. The molecule has 0 radical (unpaired) electrons. The van der Waals surface area contributed by atoms with Gasteiger partial charge in [0, 0.05) is 5.56 Å². The molecule has 0 unspecified atom stereocenters. The second-order valence-corrected chi connectivity index (χ2v) is 5.94. The maximum atomic E-state index is 12.7. The van der Waals surface area contributed by atoms with Crippen molar-refractivity contribution in [1.29, 1.82) is 0 Å². The summed E-state index contributed by atoms with van der Waals surface area (Å²) in [5, 5.41) is 0.646. The Balaban J connectivity index is 1.78. The van der Waals surface area contributed by atoms with Crippen LogP contribution in [0.25, 0.3) is 0 Å². The van der Waals surface area contributed by atoms with E-state index in [0.717, 1.165) is 11.1 Å². The third-order valence-corrected chi connectivity index (χ3v) is 3.80. The number of rotatable bonds is 5. The van der Waals surface area contributed by atoms with Gasteiger partial charge in [-0.25, -0.2) is 9.63 Å².